The Bertz CT molecular complexity index is 437. The lowest BCUT2D eigenvalue weighted by Crippen LogP contribution is -2.35. The number of hydrogen-bond acceptors (Lipinski definition) is 8. The van der Waals surface area contributed by atoms with E-state index in [0.717, 1.165) is 69.5 Å². The molecule has 0 unspecified atom stereocenters. The van der Waals surface area contributed by atoms with Gasteiger partial charge in [-0.3, -0.25) is 9.98 Å². The fraction of sp³-hybridized carbons (Fsp3) is 0.692. The largest absolute Gasteiger partial charge is 0.355 e. The molecule has 2 aliphatic rings. The summed E-state index contributed by atoms with van der Waals surface area (Å²) in [6.45, 7) is 5.41. The SMILES string of the molecule is CC(/C=N/NC1=NCCCCN1)=N/NC1=NCCCCN1. The normalized spacial score (nSPS) is 20.5. The Balaban J connectivity index is 1.75. The van der Waals surface area contributed by atoms with Crippen LogP contribution in [0.4, 0.5) is 0 Å². The van der Waals surface area contributed by atoms with Crippen LogP contribution >= 0.6 is 0 Å². The van der Waals surface area contributed by atoms with Crippen LogP contribution in [0.2, 0.25) is 0 Å². The molecule has 0 atom stereocenters. The van der Waals surface area contributed by atoms with Crippen LogP contribution in [0.5, 0.6) is 0 Å². The van der Waals surface area contributed by atoms with Crippen LogP contribution in [0.1, 0.15) is 32.6 Å². The molecule has 0 aromatic carbocycles. The molecule has 8 heteroatoms. The number of rotatable bonds is 3. The fourth-order valence-electron chi connectivity index (χ4n) is 1.89. The molecule has 8 nitrogen and oxygen atoms in total. The highest BCUT2D eigenvalue weighted by atomic mass is 15.4. The van der Waals surface area contributed by atoms with Gasteiger partial charge in [0.05, 0.1) is 11.9 Å². The number of hydrazone groups is 2. The second-order valence-electron chi connectivity index (χ2n) is 4.96. The molecule has 0 saturated heterocycles. The van der Waals surface area contributed by atoms with E-state index in [1.165, 1.54) is 0 Å². The molecule has 0 radical (unpaired) electrons. The van der Waals surface area contributed by atoms with Crippen LogP contribution in [0.25, 0.3) is 0 Å². The minimum absolute atomic E-state index is 0.722. The van der Waals surface area contributed by atoms with Gasteiger partial charge in [0.1, 0.15) is 0 Å². The van der Waals surface area contributed by atoms with Gasteiger partial charge in [-0.1, -0.05) is 0 Å². The highest BCUT2D eigenvalue weighted by Crippen LogP contribution is 1.93. The molecule has 2 rings (SSSR count). The highest BCUT2D eigenvalue weighted by Gasteiger charge is 2.02. The van der Waals surface area contributed by atoms with Crippen LogP contribution < -0.4 is 21.5 Å². The Morgan fingerprint density at radius 1 is 1.00 bits per heavy atom. The van der Waals surface area contributed by atoms with Gasteiger partial charge in [0.25, 0.3) is 0 Å². The fourth-order valence-corrected chi connectivity index (χ4v) is 1.89. The third-order valence-electron chi connectivity index (χ3n) is 3.05. The Hall–Kier alpha value is -2.12. The third kappa shape index (κ3) is 6.24. The standard InChI is InChI=1S/C13H24N8/c1-11(19-21-13-16-8-4-5-9-17-13)10-18-20-12-14-6-2-3-7-15-12/h10H,2-9H2,1H3,(H2,14,15,20)(H2,16,17,21)/b18-10+,19-11-. The number of nitrogens with zero attached hydrogens (tertiary/aromatic N) is 4. The van der Waals surface area contributed by atoms with E-state index in [1.807, 2.05) is 6.92 Å². The Morgan fingerprint density at radius 3 is 2.29 bits per heavy atom. The molecule has 21 heavy (non-hydrogen) atoms. The summed E-state index contributed by atoms with van der Waals surface area (Å²) in [4.78, 5) is 8.70. The third-order valence-corrected chi connectivity index (χ3v) is 3.05. The summed E-state index contributed by atoms with van der Waals surface area (Å²) in [6.07, 6.45) is 6.15. The van der Waals surface area contributed by atoms with E-state index in [0.29, 0.717) is 0 Å². The maximum Gasteiger partial charge on any atom is 0.212 e. The van der Waals surface area contributed by atoms with Crippen molar-refractivity contribution in [2.75, 3.05) is 26.2 Å². The zero-order chi connectivity index (χ0) is 14.8. The van der Waals surface area contributed by atoms with Gasteiger partial charge >= 0.3 is 0 Å². The summed E-state index contributed by atoms with van der Waals surface area (Å²) < 4.78 is 0. The topological polar surface area (TPSA) is 97.6 Å². The van der Waals surface area contributed by atoms with Gasteiger partial charge in [0.2, 0.25) is 11.9 Å². The lowest BCUT2D eigenvalue weighted by Gasteiger charge is -2.06. The molecule has 0 aromatic rings. The van der Waals surface area contributed by atoms with Crippen LogP contribution in [0.3, 0.4) is 0 Å². The maximum absolute atomic E-state index is 4.36. The Morgan fingerprint density at radius 2 is 1.62 bits per heavy atom. The summed E-state index contributed by atoms with van der Waals surface area (Å²) in [5.74, 6) is 1.45. The van der Waals surface area contributed by atoms with Gasteiger partial charge in [-0.05, 0) is 32.6 Å². The quantitative estimate of drug-likeness (QED) is 0.435. The maximum atomic E-state index is 4.36. The van der Waals surface area contributed by atoms with E-state index >= 15 is 0 Å². The average molecular weight is 292 g/mol. The van der Waals surface area contributed by atoms with Crippen molar-refractivity contribution in [3.8, 4) is 0 Å². The molecular formula is C13H24N8. The molecule has 4 N–H and O–H groups in total. The lowest BCUT2D eigenvalue weighted by molar-refractivity contribution is 0.744. The van der Waals surface area contributed by atoms with Crippen LogP contribution in [0.15, 0.2) is 20.2 Å². The highest BCUT2D eigenvalue weighted by molar-refractivity contribution is 6.29. The molecule has 2 aliphatic heterocycles. The van der Waals surface area contributed by atoms with Crippen molar-refractivity contribution in [1.82, 2.24) is 21.5 Å². The van der Waals surface area contributed by atoms with E-state index < -0.39 is 0 Å². The minimum Gasteiger partial charge on any atom is -0.355 e. The lowest BCUT2D eigenvalue weighted by atomic mass is 10.3. The smallest absolute Gasteiger partial charge is 0.212 e. The first-order valence-electron chi connectivity index (χ1n) is 7.50. The predicted molar refractivity (Wildman–Crippen MR) is 86.9 cm³/mol. The van der Waals surface area contributed by atoms with Crippen molar-refractivity contribution in [3.05, 3.63) is 0 Å². The predicted octanol–water partition coefficient (Wildman–Crippen LogP) is 0.00610. The van der Waals surface area contributed by atoms with Crippen molar-refractivity contribution in [2.45, 2.75) is 32.6 Å². The summed E-state index contributed by atoms with van der Waals surface area (Å²) in [5.41, 5.74) is 6.57. The number of nitrogens with one attached hydrogen (secondary N) is 4. The molecule has 0 aliphatic carbocycles. The molecule has 116 valence electrons. The molecular weight excluding hydrogens is 268 g/mol. The van der Waals surface area contributed by atoms with Gasteiger partial charge in [-0.15, -0.1) is 0 Å². The average Bonchev–Trinajstić information content (AvgIpc) is 2.90. The summed E-state index contributed by atoms with van der Waals surface area (Å²) >= 11 is 0. The van der Waals surface area contributed by atoms with E-state index in [1.54, 1.807) is 6.21 Å². The van der Waals surface area contributed by atoms with Crippen LogP contribution in [-0.4, -0.2) is 50.0 Å². The zero-order valence-electron chi connectivity index (χ0n) is 12.5. The van der Waals surface area contributed by atoms with Gasteiger partial charge in [0.15, 0.2) is 0 Å². The summed E-state index contributed by atoms with van der Waals surface area (Å²) in [7, 11) is 0. The van der Waals surface area contributed by atoms with Gasteiger partial charge < -0.3 is 10.6 Å². The molecule has 0 amide bonds. The van der Waals surface area contributed by atoms with Gasteiger partial charge in [0, 0.05) is 26.2 Å². The second-order valence-corrected chi connectivity index (χ2v) is 4.96. The van der Waals surface area contributed by atoms with Crippen molar-refractivity contribution < 1.29 is 0 Å². The van der Waals surface area contributed by atoms with Crippen molar-refractivity contribution >= 4 is 23.8 Å². The van der Waals surface area contributed by atoms with Crippen LogP contribution in [-0.2, 0) is 0 Å². The van der Waals surface area contributed by atoms with Crippen molar-refractivity contribution in [3.63, 3.8) is 0 Å². The van der Waals surface area contributed by atoms with Gasteiger partial charge in [-0.2, -0.15) is 10.2 Å². The first-order chi connectivity index (χ1) is 10.3. The van der Waals surface area contributed by atoms with E-state index in [4.69, 9.17) is 0 Å². The molecule has 0 saturated carbocycles. The number of hydrogen-bond donors (Lipinski definition) is 4. The van der Waals surface area contributed by atoms with E-state index in [9.17, 15) is 0 Å². The Labute approximate surface area is 125 Å². The van der Waals surface area contributed by atoms with Crippen molar-refractivity contribution in [2.24, 2.45) is 20.2 Å². The van der Waals surface area contributed by atoms with Crippen molar-refractivity contribution in [1.29, 1.82) is 0 Å². The van der Waals surface area contributed by atoms with Gasteiger partial charge in [-0.25, -0.2) is 10.9 Å². The Kier molecular flexibility index (Phi) is 6.50. The van der Waals surface area contributed by atoms with Crippen LogP contribution in [0, 0.1) is 0 Å². The number of aliphatic imine (C=N–C) groups is 2. The first-order valence-corrected chi connectivity index (χ1v) is 7.50. The molecule has 0 fully saturated rings. The molecule has 0 bridgehead atoms. The first kappa shape index (κ1) is 15.3. The van der Waals surface area contributed by atoms with E-state index in [2.05, 4.69) is 41.7 Å². The zero-order valence-corrected chi connectivity index (χ0v) is 12.5. The minimum atomic E-state index is 0.722. The summed E-state index contributed by atoms with van der Waals surface area (Å²) in [5, 5.41) is 14.7. The second kappa shape index (κ2) is 8.93. The summed E-state index contributed by atoms with van der Waals surface area (Å²) in [6, 6.07) is 0. The molecule has 2 heterocycles. The molecule has 0 spiro atoms. The molecule has 0 aromatic heterocycles. The number of guanidine groups is 2. The monoisotopic (exact) mass is 292 g/mol. The van der Waals surface area contributed by atoms with E-state index in [-0.39, 0.29) is 0 Å².